The second kappa shape index (κ2) is 10.5. The maximum atomic E-state index is 11.9. The molecule has 1 aliphatic rings. The van der Waals surface area contributed by atoms with Gasteiger partial charge in [0, 0.05) is 30.7 Å². The van der Waals surface area contributed by atoms with Crippen LogP contribution < -0.4 is 16.0 Å². The van der Waals surface area contributed by atoms with Crippen LogP contribution in [0.4, 0.5) is 0 Å². The molecule has 1 fully saturated rings. The third-order valence-electron chi connectivity index (χ3n) is 4.46. The van der Waals surface area contributed by atoms with Crippen molar-refractivity contribution >= 4 is 35.8 Å². The Morgan fingerprint density at radius 3 is 2.44 bits per heavy atom. The molecule has 0 aromatic carbocycles. The first-order chi connectivity index (χ1) is 11.1. The van der Waals surface area contributed by atoms with Crippen molar-refractivity contribution in [2.45, 2.75) is 78.5 Å². The van der Waals surface area contributed by atoms with Crippen molar-refractivity contribution in [2.75, 3.05) is 20.2 Å². The van der Waals surface area contributed by atoms with Gasteiger partial charge in [-0.1, -0.05) is 27.2 Å². The summed E-state index contributed by atoms with van der Waals surface area (Å²) in [6, 6.07) is 0.293. The minimum atomic E-state index is -0.227. The number of carbonyl (C=O) groups excluding carboxylic acids is 1. The van der Waals surface area contributed by atoms with Gasteiger partial charge in [-0.15, -0.1) is 24.0 Å². The van der Waals surface area contributed by atoms with Crippen LogP contribution in [0.1, 0.15) is 60.8 Å². The Balaban J connectivity index is 0.00000576. The quantitative estimate of drug-likeness (QED) is 0.233. The average molecular weight is 468 g/mol. The molecule has 0 saturated heterocycles. The Kier molecular flexibility index (Phi) is 10.3. The van der Waals surface area contributed by atoms with Crippen molar-refractivity contribution in [3.63, 3.8) is 0 Å². The van der Waals surface area contributed by atoms with E-state index in [-0.39, 0.29) is 53.5 Å². The number of aliphatic imine (C=N–C) groups is 1. The molecule has 6 nitrogen and oxygen atoms in total. The second-order valence-electron chi connectivity index (χ2n) is 8.19. The molecule has 1 amide bonds. The Bertz CT molecular complexity index is 447. The van der Waals surface area contributed by atoms with Crippen molar-refractivity contribution in [3.8, 4) is 0 Å². The van der Waals surface area contributed by atoms with Gasteiger partial charge in [0.1, 0.15) is 0 Å². The molecular formula is C18H37IN4O2. The molecule has 3 N–H and O–H groups in total. The number of nitrogens with zero attached hydrogens (tertiary/aromatic N) is 1. The lowest BCUT2D eigenvalue weighted by Crippen LogP contribution is -2.64. The fourth-order valence-electron chi connectivity index (χ4n) is 2.77. The highest BCUT2D eigenvalue weighted by Crippen LogP contribution is 2.42. The summed E-state index contributed by atoms with van der Waals surface area (Å²) in [6.45, 7) is 13.5. The summed E-state index contributed by atoms with van der Waals surface area (Å²) in [5.74, 6) is 0.614. The molecule has 1 saturated carbocycles. The fourth-order valence-corrected chi connectivity index (χ4v) is 2.77. The van der Waals surface area contributed by atoms with Gasteiger partial charge in [0.15, 0.2) is 5.96 Å². The van der Waals surface area contributed by atoms with Crippen LogP contribution >= 0.6 is 24.0 Å². The second-order valence-corrected chi connectivity index (χ2v) is 8.19. The molecular weight excluding hydrogens is 431 g/mol. The van der Waals surface area contributed by atoms with Crippen LogP contribution in [0.5, 0.6) is 0 Å². The van der Waals surface area contributed by atoms with Crippen LogP contribution in [-0.4, -0.2) is 49.8 Å². The third-order valence-corrected chi connectivity index (χ3v) is 4.46. The molecule has 0 aliphatic heterocycles. The summed E-state index contributed by atoms with van der Waals surface area (Å²) >= 11 is 0. The Morgan fingerprint density at radius 1 is 1.32 bits per heavy atom. The van der Waals surface area contributed by atoms with Crippen molar-refractivity contribution < 1.29 is 9.53 Å². The third kappa shape index (κ3) is 8.11. The lowest BCUT2D eigenvalue weighted by atomic mass is 9.64. The monoisotopic (exact) mass is 468 g/mol. The van der Waals surface area contributed by atoms with Gasteiger partial charge in [0.05, 0.1) is 12.6 Å². The average Bonchev–Trinajstić information content (AvgIpc) is 2.46. The summed E-state index contributed by atoms with van der Waals surface area (Å²) in [7, 11) is 1.72. The SMILES string of the molecule is CCCCOC1CC(NC(=NC)NCC(=O)NC(C)(C)C)C1(C)C.I. The first-order valence-electron chi connectivity index (χ1n) is 9.00. The number of hydrogen-bond acceptors (Lipinski definition) is 3. The van der Waals surface area contributed by atoms with Gasteiger partial charge in [-0.25, -0.2) is 0 Å². The molecule has 1 rings (SSSR count). The van der Waals surface area contributed by atoms with Gasteiger partial charge in [-0.05, 0) is 33.6 Å². The number of halogens is 1. The van der Waals surface area contributed by atoms with Crippen LogP contribution in [0.2, 0.25) is 0 Å². The molecule has 0 aromatic rings. The van der Waals surface area contributed by atoms with E-state index in [0.29, 0.717) is 12.0 Å². The van der Waals surface area contributed by atoms with Crippen molar-refractivity contribution in [1.29, 1.82) is 0 Å². The lowest BCUT2D eigenvalue weighted by molar-refractivity contribution is -0.121. The first kappa shape index (κ1) is 24.4. The standard InChI is InChI=1S/C18H36N4O2.HI/c1-8-9-10-24-14-11-13(18(14,5)6)21-16(19-7)20-12-15(23)22-17(2,3)4;/h13-14H,8-12H2,1-7H3,(H,22,23)(H2,19,20,21);1H. The highest BCUT2D eigenvalue weighted by molar-refractivity contribution is 14.0. The van der Waals surface area contributed by atoms with E-state index in [1.54, 1.807) is 7.05 Å². The van der Waals surface area contributed by atoms with E-state index in [9.17, 15) is 4.79 Å². The van der Waals surface area contributed by atoms with Crippen LogP contribution in [0.3, 0.4) is 0 Å². The molecule has 1 aliphatic carbocycles. The van der Waals surface area contributed by atoms with E-state index >= 15 is 0 Å². The van der Waals surface area contributed by atoms with Gasteiger partial charge >= 0.3 is 0 Å². The zero-order valence-electron chi connectivity index (χ0n) is 16.9. The van der Waals surface area contributed by atoms with Gasteiger partial charge in [0.25, 0.3) is 0 Å². The predicted molar refractivity (Wildman–Crippen MR) is 115 cm³/mol. The number of nitrogens with one attached hydrogen (secondary N) is 3. The molecule has 25 heavy (non-hydrogen) atoms. The first-order valence-corrected chi connectivity index (χ1v) is 9.00. The van der Waals surface area contributed by atoms with E-state index < -0.39 is 0 Å². The van der Waals surface area contributed by atoms with Crippen LogP contribution in [0.25, 0.3) is 0 Å². The molecule has 2 unspecified atom stereocenters. The summed E-state index contributed by atoms with van der Waals surface area (Å²) in [5, 5.41) is 9.42. The zero-order chi connectivity index (χ0) is 18.4. The molecule has 7 heteroatoms. The van der Waals surface area contributed by atoms with Gasteiger partial charge in [-0.3, -0.25) is 9.79 Å². The van der Waals surface area contributed by atoms with Crippen LogP contribution in [0, 0.1) is 5.41 Å². The van der Waals surface area contributed by atoms with E-state index in [1.165, 1.54) is 0 Å². The number of unbranched alkanes of at least 4 members (excludes halogenated alkanes) is 1. The largest absolute Gasteiger partial charge is 0.378 e. The number of amides is 1. The smallest absolute Gasteiger partial charge is 0.239 e. The highest BCUT2D eigenvalue weighted by atomic mass is 127. The molecule has 0 spiro atoms. The van der Waals surface area contributed by atoms with Crippen molar-refractivity contribution in [1.82, 2.24) is 16.0 Å². The minimum absolute atomic E-state index is 0. The zero-order valence-corrected chi connectivity index (χ0v) is 19.2. The summed E-state index contributed by atoms with van der Waals surface area (Å²) in [5.41, 5.74) is -0.173. The van der Waals surface area contributed by atoms with Gasteiger partial charge in [-0.2, -0.15) is 0 Å². The molecule has 148 valence electrons. The maximum Gasteiger partial charge on any atom is 0.239 e. The molecule has 0 bridgehead atoms. The van der Waals surface area contributed by atoms with E-state index in [0.717, 1.165) is 25.9 Å². The van der Waals surface area contributed by atoms with Crippen molar-refractivity contribution in [3.05, 3.63) is 0 Å². The minimum Gasteiger partial charge on any atom is -0.378 e. The highest BCUT2D eigenvalue weighted by Gasteiger charge is 2.49. The summed E-state index contributed by atoms with van der Waals surface area (Å²) in [6.07, 6.45) is 3.51. The Hall–Kier alpha value is -0.570. The van der Waals surface area contributed by atoms with E-state index in [2.05, 4.69) is 41.7 Å². The van der Waals surface area contributed by atoms with Crippen molar-refractivity contribution in [2.24, 2.45) is 10.4 Å². The molecule has 0 aromatic heterocycles. The number of ether oxygens (including phenoxy) is 1. The van der Waals surface area contributed by atoms with Gasteiger partial charge < -0.3 is 20.7 Å². The molecule has 2 atom stereocenters. The summed E-state index contributed by atoms with van der Waals surface area (Å²) in [4.78, 5) is 16.1. The Labute approximate surface area is 170 Å². The molecule has 0 radical (unpaired) electrons. The fraction of sp³-hybridized carbons (Fsp3) is 0.889. The topological polar surface area (TPSA) is 74.8 Å². The lowest BCUT2D eigenvalue weighted by Gasteiger charge is -2.52. The maximum absolute atomic E-state index is 11.9. The number of carbonyl (C=O) groups is 1. The number of hydrogen-bond donors (Lipinski definition) is 3. The Morgan fingerprint density at radius 2 is 1.96 bits per heavy atom. The summed E-state index contributed by atoms with van der Waals surface area (Å²) < 4.78 is 5.97. The van der Waals surface area contributed by atoms with Gasteiger partial charge in [0.2, 0.25) is 5.91 Å². The van der Waals surface area contributed by atoms with Crippen LogP contribution in [0.15, 0.2) is 4.99 Å². The van der Waals surface area contributed by atoms with E-state index in [1.807, 2.05) is 20.8 Å². The van der Waals surface area contributed by atoms with Crippen LogP contribution in [-0.2, 0) is 9.53 Å². The predicted octanol–water partition coefficient (Wildman–Crippen LogP) is 2.67. The van der Waals surface area contributed by atoms with E-state index in [4.69, 9.17) is 4.74 Å². The normalized spacial score (nSPS) is 22.4. The molecule has 0 heterocycles. The number of guanidine groups is 1. The number of rotatable bonds is 7.